The standard InChI is InChI=1S/C16H19NO4/c1-11-12-6-2-3-7-13(12)21-14(11)10-17-15(18)8-4-5-9-16(19)20/h2-3,6-7H,4-5,8-10H2,1H3,(H,17,18)(H,19,20). The molecule has 112 valence electrons. The molecule has 1 amide bonds. The molecule has 0 aliphatic carbocycles. The summed E-state index contributed by atoms with van der Waals surface area (Å²) < 4.78 is 5.71. The maximum absolute atomic E-state index is 11.7. The van der Waals surface area contributed by atoms with Gasteiger partial charge in [-0.2, -0.15) is 0 Å². The van der Waals surface area contributed by atoms with Crippen molar-refractivity contribution in [3.63, 3.8) is 0 Å². The van der Waals surface area contributed by atoms with E-state index in [0.717, 1.165) is 22.3 Å². The van der Waals surface area contributed by atoms with Crippen molar-refractivity contribution in [3.8, 4) is 0 Å². The number of para-hydroxylation sites is 1. The molecule has 2 N–H and O–H groups in total. The molecule has 5 heteroatoms. The first-order valence-corrected chi connectivity index (χ1v) is 7.03. The van der Waals surface area contributed by atoms with Crippen molar-refractivity contribution in [1.82, 2.24) is 5.32 Å². The number of amides is 1. The first-order chi connectivity index (χ1) is 10.1. The van der Waals surface area contributed by atoms with E-state index >= 15 is 0 Å². The largest absolute Gasteiger partial charge is 0.481 e. The fourth-order valence-electron chi connectivity index (χ4n) is 2.22. The lowest BCUT2D eigenvalue weighted by Gasteiger charge is -2.03. The van der Waals surface area contributed by atoms with Crippen LogP contribution in [0, 0.1) is 6.92 Å². The Morgan fingerprint density at radius 1 is 1.19 bits per heavy atom. The first-order valence-electron chi connectivity index (χ1n) is 7.03. The fourth-order valence-corrected chi connectivity index (χ4v) is 2.22. The molecule has 0 aliphatic rings. The number of fused-ring (bicyclic) bond motifs is 1. The number of carboxylic acid groups (broad SMARTS) is 1. The van der Waals surface area contributed by atoms with Crippen LogP contribution in [0.25, 0.3) is 11.0 Å². The molecule has 0 radical (unpaired) electrons. The Morgan fingerprint density at radius 3 is 2.62 bits per heavy atom. The average molecular weight is 289 g/mol. The smallest absolute Gasteiger partial charge is 0.303 e. The van der Waals surface area contributed by atoms with Gasteiger partial charge in [0.1, 0.15) is 11.3 Å². The van der Waals surface area contributed by atoms with Crippen LogP contribution in [0.4, 0.5) is 0 Å². The summed E-state index contributed by atoms with van der Waals surface area (Å²) >= 11 is 0. The fraction of sp³-hybridized carbons (Fsp3) is 0.375. The lowest BCUT2D eigenvalue weighted by molar-refractivity contribution is -0.137. The summed E-state index contributed by atoms with van der Waals surface area (Å²) in [5.74, 6) is -0.149. The summed E-state index contributed by atoms with van der Waals surface area (Å²) in [5, 5.41) is 12.4. The van der Waals surface area contributed by atoms with Gasteiger partial charge < -0.3 is 14.8 Å². The second-order valence-corrected chi connectivity index (χ2v) is 5.02. The summed E-state index contributed by atoms with van der Waals surface area (Å²) in [6.07, 6.45) is 1.55. The number of aliphatic carboxylic acids is 1. The molecular formula is C16H19NO4. The van der Waals surface area contributed by atoms with E-state index in [9.17, 15) is 9.59 Å². The third kappa shape index (κ3) is 4.08. The molecule has 5 nitrogen and oxygen atoms in total. The molecule has 0 saturated carbocycles. The van der Waals surface area contributed by atoms with Gasteiger partial charge in [0.25, 0.3) is 0 Å². The van der Waals surface area contributed by atoms with Crippen molar-refractivity contribution in [2.45, 2.75) is 39.2 Å². The minimum Gasteiger partial charge on any atom is -0.481 e. The minimum atomic E-state index is -0.826. The summed E-state index contributed by atoms with van der Waals surface area (Å²) in [7, 11) is 0. The number of benzene rings is 1. The molecule has 1 aromatic carbocycles. The SMILES string of the molecule is Cc1c(CNC(=O)CCCCC(=O)O)oc2ccccc12. The Kier molecular flexibility index (Phi) is 4.98. The molecule has 0 saturated heterocycles. The number of hydrogen-bond donors (Lipinski definition) is 2. The van der Waals surface area contributed by atoms with E-state index in [0.29, 0.717) is 25.8 Å². The number of carbonyl (C=O) groups excluding carboxylic acids is 1. The Morgan fingerprint density at radius 2 is 1.90 bits per heavy atom. The van der Waals surface area contributed by atoms with Crippen LogP contribution in [0.3, 0.4) is 0 Å². The van der Waals surface area contributed by atoms with Crippen molar-refractivity contribution in [2.24, 2.45) is 0 Å². The number of furan rings is 1. The van der Waals surface area contributed by atoms with E-state index in [1.165, 1.54) is 0 Å². The van der Waals surface area contributed by atoms with Gasteiger partial charge in [0.2, 0.25) is 5.91 Å². The van der Waals surface area contributed by atoms with Gasteiger partial charge in [0.15, 0.2) is 0 Å². The first kappa shape index (κ1) is 15.1. The number of carbonyl (C=O) groups is 2. The molecule has 0 bridgehead atoms. The monoisotopic (exact) mass is 289 g/mol. The second kappa shape index (κ2) is 6.92. The molecule has 1 heterocycles. The zero-order chi connectivity index (χ0) is 15.2. The van der Waals surface area contributed by atoms with E-state index in [1.54, 1.807) is 0 Å². The minimum absolute atomic E-state index is 0.0831. The molecule has 2 aromatic rings. The van der Waals surface area contributed by atoms with Crippen molar-refractivity contribution >= 4 is 22.8 Å². The number of carboxylic acids is 1. The lowest BCUT2D eigenvalue weighted by Crippen LogP contribution is -2.22. The van der Waals surface area contributed by atoms with Crippen LogP contribution in [-0.2, 0) is 16.1 Å². The number of aryl methyl sites for hydroxylation is 1. The topological polar surface area (TPSA) is 79.5 Å². The van der Waals surface area contributed by atoms with Gasteiger partial charge in [-0.1, -0.05) is 18.2 Å². The van der Waals surface area contributed by atoms with E-state index in [1.807, 2.05) is 31.2 Å². The number of rotatable bonds is 7. The van der Waals surface area contributed by atoms with Crippen molar-refractivity contribution in [2.75, 3.05) is 0 Å². The maximum Gasteiger partial charge on any atom is 0.303 e. The molecule has 0 atom stereocenters. The highest BCUT2D eigenvalue weighted by atomic mass is 16.4. The molecule has 0 unspecified atom stereocenters. The molecule has 2 rings (SSSR count). The summed E-state index contributed by atoms with van der Waals surface area (Å²) in [6, 6.07) is 7.76. The highest BCUT2D eigenvalue weighted by Crippen LogP contribution is 2.24. The number of hydrogen-bond acceptors (Lipinski definition) is 3. The van der Waals surface area contributed by atoms with E-state index < -0.39 is 5.97 Å². The summed E-state index contributed by atoms with van der Waals surface area (Å²) in [4.78, 5) is 22.1. The van der Waals surface area contributed by atoms with Gasteiger partial charge in [-0.3, -0.25) is 9.59 Å². The van der Waals surface area contributed by atoms with E-state index in [-0.39, 0.29) is 12.3 Å². The van der Waals surface area contributed by atoms with Crippen LogP contribution in [0.15, 0.2) is 28.7 Å². The molecular weight excluding hydrogens is 270 g/mol. The zero-order valence-corrected chi connectivity index (χ0v) is 12.0. The van der Waals surface area contributed by atoms with Crippen molar-refractivity contribution in [1.29, 1.82) is 0 Å². The molecule has 0 spiro atoms. The summed E-state index contributed by atoms with van der Waals surface area (Å²) in [6.45, 7) is 2.33. The lowest BCUT2D eigenvalue weighted by atomic mass is 10.1. The van der Waals surface area contributed by atoms with Gasteiger partial charge in [0, 0.05) is 23.8 Å². The van der Waals surface area contributed by atoms with Crippen LogP contribution < -0.4 is 5.32 Å². The Hall–Kier alpha value is -2.30. The highest BCUT2D eigenvalue weighted by Gasteiger charge is 2.10. The van der Waals surface area contributed by atoms with Gasteiger partial charge >= 0.3 is 5.97 Å². The Labute approximate surface area is 122 Å². The predicted molar refractivity (Wildman–Crippen MR) is 78.9 cm³/mol. The Bertz CT molecular complexity index is 645. The number of nitrogens with one attached hydrogen (secondary N) is 1. The zero-order valence-electron chi connectivity index (χ0n) is 12.0. The van der Waals surface area contributed by atoms with Gasteiger partial charge in [-0.15, -0.1) is 0 Å². The van der Waals surface area contributed by atoms with E-state index in [2.05, 4.69) is 5.32 Å². The maximum atomic E-state index is 11.7. The van der Waals surface area contributed by atoms with Crippen LogP contribution >= 0.6 is 0 Å². The molecule has 1 aromatic heterocycles. The molecule has 0 aliphatic heterocycles. The highest BCUT2D eigenvalue weighted by molar-refractivity contribution is 5.82. The number of unbranched alkanes of at least 4 members (excludes halogenated alkanes) is 1. The van der Waals surface area contributed by atoms with Crippen molar-refractivity contribution < 1.29 is 19.1 Å². The van der Waals surface area contributed by atoms with Gasteiger partial charge in [0.05, 0.1) is 6.54 Å². The molecule has 21 heavy (non-hydrogen) atoms. The van der Waals surface area contributed by atoms with E-state index in [4.69, 9.17) is 9.52 Å². The normalized spacial score (nSPS) is 10.7. The van der Waals surface area contributed by atoms with Crippen LogP contribution in [0.2, 0.25) is 0 Å². The predicted octanol–water partition coefficient (Wildman–Crippen LogP) is 3.00. The van der Waals surface area contributed by atoms with Crippen molar-refractivity contribution in [3.05, 3.63) is 35.6 Å². The Balaban J connectivity index is 1.83. The van der Waals surface area contributed by atoms with Gasteiger partial charge in [-0.25, -0.2) is 0 Å². The van der Waals surface area contributed by atoms with Crippen LogP contribution in [0.5, 0.6) is 0 Å². The summed E-state index contributed by atoms with van der Waals surface area (Å²) in [5.41, 5.74) is 1.86. The van der Waals surface area contributed by atoms with Crippen LogP contribution in [0.1, 0.15) is 37.0 Å². The quantitative estimate of drug-likeness (QED) is 0.768. The van der Waals surface area contributed by atoms with Crippen LogP contribution in [-0.4, -0.2) is 17.0 Å². The average Bonchev–Trinajstić information content (AvgIpc) is 2.78. The third-order valence-electron chi connectivity index (χ3n) is 3.43. The second-order valence-electron chi connectivity index (χ2n) is 5.02. The third-order valence-corrected chi connectivity index (χ3v) is 3.43. The molecule has 0 fully saturated rings. The van der Waals surface area contributed by atoms with Gasteiger partial charge in [-0.05, 0) is 25.8 Å².